The number of rotatable bonds is 4. The third-order valence-electron chi connectivity index (χ3n) is 1.67. The van der Waals surface area contributed by atoms with Crippen LogP contribution in [0, 0.1) is 0 Å². The molecule has 0 amide bonds. The SMILES string of the molecule is CC(C)Oc1ccc(C[S+]=S(=O)(O)O)cc1. The molecule has 0 radical (unpaired) electrons. The molecule has 0 atom stereocenters. The molecule has 0 saturated carbocycles. The maximum atomic E-state index is 10.6. The Labute approximate surface area is 98.9 Å². The van der Waals surface area contributed by atoms with E-state index in [0.717, 1.165) is 11.3 Å². The Balaban J connectivity index is 2.69. The molecule has 0 aliphatic heterocycles. The van der Waals surface area contributed by atoms with Gasteiger partial charge in [0.15, 0.2) is 0 Å². The standard InChI is InChI=1S/C10H14O4S2/c1-8(2)14-10-5-3-9(4-6-10)7-15-16(11,12)13/h3-6,8H,7H2,1-2H3,(H-,11,12,13)/p+1. The molecule has 4 nitrogen and oxygen atoms in total. The summed E-state index contributed by atoms with van der Waals surface area (Å²) in [6.07, 6.45) is 0.119. The van der Waals surface area contributed by atoms with Gasteiger partial charge in [0.1, 0.15) is 5.75 Å². The van der Waals surface area contributed by atoms with Crippen molar-refractivity contribution in [1.29, 1.82) is 0 Å². The highest BCUT2D eigenvalue weighted by Crippen LogP contribution is 2.14. The number of ether oxygens (including phenoxy) is 1. The molecule has 0 aromatic heterocycles. The summed E-state index contributed by atoms with van der Waals surface area (Å²) in [7, 11) is -3.11. The van der Waals surface area contributed by atoms with Crippen molar-refractivity contribution in [2.75, 3.05) is 0 Å². The van der Waals surface area contributed by atoms with Crippen LogP contribution >= 0.6 is 0 Å². The highest BCUT2D eigenvalue weighted by molar-refractivity contribution is 8.33. The summed E-state index contributed by atoms with van der Waals surface area (Å²) < 4.78 is 33.4. The first-order valence-corrected chi connectivity index (χ1v) is 7.73. The van der Waals surface area contributed by atoms with Crippen molar-refractivity contribution >= 4 is 19.4 Å². The minimum absolute atomic E-state index is 0.119. The largest absolute Gasteiger partial charge is 0.491 e. The zero-order chi connectivity index (χ0) is 12.2. The average Bonchev–Trinajstić information content (AvgIpc) is 2.14. The van der Waals surface area contributed by atoms with E-state index in [-0.39, 0.29) is 11.9 Å². The van der Waals surface area contributed by atoms with Crippen molar-refractivity contribution in [2.45, 2.75) is 25.7 Å². The number of benzene rings is 1. The van der Waals surface area contributed by atoms with Gasteiger partial charge in [-0.15, -0.1) is 0 Å². The van der Waals surface area contributed by atoms with Crippen molar-refractivity contribution in [3.63, 3.8) is 0 Å². The van der Waals surface area contributed by atoms with Crippen LogP contribution in [0.3, 0.4) is 0 Å². The van der Waals surface area contributed by atoms with Gasteiger partial charge >= 0.3 is 9.05 Å². The van der Waals surface area contributed by atoms with Crippen LogP contribution in [0.2, 0.25) is 0 Å². The normalized spacial score (nSPS) is 11.6. The molecule has 0 spiro atoms. The Bertz CT molecular complexity index is 436. The van der Waals surface area contributed by atoms with Crippen molar-refractivity contribution in [3.8, 4) is 5.75 Å². The van der Waals surface area contributed by atoms with Gasteiger partial charge < -0.3 is 4.74 Å². The van der Waals surface area contributed by atoms with Gasteiger partial charge in [-0.25, -0.2) is 0 Å². The van der Waals surface area contributed by atoms with Gasteiger partial charge in [0.2, 0.25) is 5.75 Å². The highest BCUT2D eigenvalue weighted by atomic mass is 32.9. The summed E-state index contributed by atoms with van der Waals surface area (Å²) in [5.41, 5.74) is 0.858. The maximum absolute atomic E-state index is 10.6. The van der Waals surface area contributed by atoms with Gasteiger partial charge in [0.05, 0.1) is 6.10 Å². The highest BCUT2D eigenvalue weighted by Gasteiger charge is 2.10. The van der Waals surface area contributed by atoms with Crippen molar-refractivity contribution in [2.24, 2.45) is 0 Å². The summed E-state index contributed by atoms with van der Waals surface area (Å²) in [5.74, 6) is 1.05. The monoisotopic (exact) mass is 263 g/mol. The lowest BCUT2D eigenvalue weighted by Crippen LogP contribution is -2.05. The molecule has 0 aliphatic carbocycles. The quantitative estimate of drug-likeness (QED) is 0.817. The van der Waals surface area contributed by atoms with E-state index in [1.807, 2.05) is 13.8 Å². The topological polar surface area (TPSA) is 66.8 Å². The van der Waals surface area contributed by atoms with E-state index in [4.69, 9.17) is 13.8 Å². The van der Waals surface area contributed by atoms with Crippen molar-refractivity contribution in [3.05, 3.63) is 29.8 Å². The fourth-order valence-electron chi connectivity index (χ4n) is 1.08. The van der Waals surface area contributed by atoms with Crippen LogP contribution in [0.1, 0.15) is 19.4 Å². The minimum Gasteiger partial charge on any atom is -0.491 e. The summed E-state index contributed by atoms with van der Waals surface area (Å²) in [6, 6.07) is 7.20. The van der Waals surface area contributed by atoms with Gasteiger partial charge in [-0.1, -0.05) is 12.1 Å². The summed E-state index contributed by atoms with van der Waals surface area (Å²) >= 11 is 0. The lowest BCUT2D eigenvalue weighted by molar-refractivity contribution is 0.242. The Morgan fingerprint density at radius 1 is 1.31 bits per heavy atom. The van der Waals surface area contributed by atoms with E-state index >= 15 is 0 Å². The Hall–Kier alpha value is -0.690. The van der Waals surface area contributed by atoms with E-state index in [1.54, 1.807) is 24.3 Å². The first kappa shape index (κ1) is 13.4. The molecule has 0 aliphatic rings. The molecule has 0 unspecified atom stereocenters. The van der Waals surface area contributed by atoms with Gasteiger partial charge in [0, 0.05) is 5.56 Å². The van der Waals surface area contributed by atoms with Crippen LogP contribution in [-0.4, -0.2) is 19.4 Å². The fourth-order valence-corrected chi connectivity index (χ4v) is 2.43. The second-order valence-electron chi connectivity index (χ2n) is 3.52. The van der Waals surface area contributed by atoms with E-state index in [0.29, 0.717) is 10.3 Å². The zero-order valence-corrected chi connectivity index (χ0v) is 10.8. The van der Waals surface area contributed by atoms with Crippen LogP contribution in [0.15, 0.2) is 24.3 Å². The molecule has 16 heavy (non-hydrogen) atoms. The fraction of sp³-hybridized carbons (Fsp3) is 0.400. The molecule has 0 fully saturated rings. The first-order chi connectivity index (χ1) is 7.37. The average molecular weight is 263 g/mol. The Morgan fingerprint density at radius 3 is 2.31 bits per heavy atom. The van der Waals surface area contributed by atoms with Crippen LogP contribution < -0.4 is 4.74 Å². The van der Waals surface area contributed by atoms with Crippen molar-refractivity contribution < 1.29 is 18.1 Å². The second kappa shape index (κ2) is 5.58. The van der Waals surface area contributed by atoms with Gasteiger partial charge in [0.25, 0.3) is 10.3 Å². The van der Waals surface area contributed by atoms with Crippen LogP contribution in [0.4, 0.5) is 0 Å². The first-order valence-electron chi connectivity index (χ1n) is 4.76. The summed E-state index contributed by atoms with van der Waals surface area (Å²) in [5, 5.41) is 0. The Morgan fingerprint density at radius 2 is 1.88 bits per heavy atom. The molecule has 2 N–H and O–H groups in total. The lowest BCUT2D eigenvalue weighted by atomic mass is 10.2. The summed E-state index contributed by atoms with van der Waals surface area (Å²) in [4.78, 5) is 0. The molecule has 0 saturated heterocycles. The lowest BCUT2D eigenvalue weighted by Gasteiger charge is -2.08. The Kier molecular flexibility index (Phi) is 4.67. The number of hydrogen-bond acceptors (Lipinski definition) is 2. The van der Waals surface area contributed by atoms with E-state index in [2.05, 4.69) is 0 Å². The van der Waals surface area contributed by atoms with Crippen LogP contribution in [0.5, 0.6) is 5.75 Å². The molecular formula is C10H15O4S2+. The van der Waals surface area contributed by atoms with Crippen LogP contribution in [-0.2, 0) is 25.1 Å². The molecule has 90 valence electrons. The van der Waals surface area contributed by atoms with E-state index in [9.17, 15) is 4.21 Å². The minimum atomic E-state index is -3.72. The molecule has 6 heteroatoms. The summed E-state index contributed by atoms with van der Waals surface area (Å²) in [6.45, 7) is 3.88. The second-order valence-corrected chi connectivity index (χ2v) is 6.95. The predicted octanol–water partition coefficient (Wildman–Crippen LogP) is 2.20. The third-order valence-corrected chi connectivity index (χ3v) is 3.71. The van der Waals surface area contributed by atoms with Crippen molar-refractivity contribution in [1.82, 2.24) is 0 Å². The van der Waals surface area contributed by atoms with Gasteiger partial charge in [-0.05, 0) is 26.0 Å². The van der Waals surface area contributed by atoms with Gasteiger partial charge in [-0.3, -0.25) is 9.11 Å². The molecular weight excluding hydrogens is 248 g/mol. The predicted molar refractivity (Wildman–Crippen MR) is 66.7 cm³/mol. The molecule has 1 rings (SSSR count). The molecule has 1 aromatic carbocycles. The molecule has 1 aromatic rings. The maximum Gasteiger partial charge on any atom is 0.430 e. The smallest absolute Gasteiger partial charge is 0.430 e. The molecule has 0 heterocycles. The zero-order valence-electron chi connectivity index (χ0n) is 9.12. The number of hydrogen-bond donors (Lipinski definition) is 2. The third kappa shape index (κ3) is 5.41. The van der Waals surface area contributed by atoms with E-state index in [1.165, 1.54) is 0 Å². The molecule has 0 bridgehead atoms. The van der Waals surface area contributed by atoms with E-state index < -0.39 is 9.05 Å². The van der Waals surface area contributed by atoms with Crippen LogP contribution in [0.25, 0.3) is 0 Å². The van der Waals surface area contributed by atoms with Gasteiger partial charge in [-0.2, -0.15) is 4.21 Å².